The van der Waals surface area contributed by atoms with Crippen molar-refractivity contribution in [1.29, 1.82) is 0 Å². The molecule has 0 aliphatic heterocycles. The van der Waals surface area contributed by atoms with Gasteiger partial charge in [-0.15, -0.1) is 0 Å². The molecule has 0 aliphatic carbocycles. The first-order chi connectivity index (χ1) is 21.0. The van der Waals surface area contributed by atoms with E-state index < -0.39 is 34.9 Å². The van der Waals surface area contributed by atoms with Crippen molar-refractivity contribution >= 4 is 23.5 Å². The minimum Gasteiger partial charge on any atom is -0.461 e. The highest BCUT2D eigenvalue weighted by atomic mass is 19.1. The lowest BCUT2D eigenvalue weighted by Gasteiger charge is -2.38. The van der Waals surface area contributed by atoms with Crippen LogP contribution in [0.25, 0.3) is 0 Å². The number of rotatable bonds is 10. The van der Waals surface area contributed by atoms with Gasteiger partial charge < -0.3 is 14.8 Å². The summed E-state index contributed by atoms with van der Waals surface area (Å²) < 4.78 is 27.2. The predicted octanol–water partition coefficient (Wildman–Crippen LogP) is 8.50. The van der Waals surface area contributed by atoms with E-state index in [2.05, 4.69) is 5.32 Å². The summed E-state index contributed by atoms with van der Waals surface area (Å²) >= 11 is 0. The van der Waals surface area contributed by atoms with E-state index in [4.69, 9.17) is 14.5 Å². The molecule has 7 heteroatoms. The lowest BCUT2D eigenvalue weighted by molar-refractivity contribution is -0.157. The zero-order chi connectivity index (χ0) is 31.7. The summed E-state index contributed by atoms with van der Waals surface area (Å²) in [5.74, 6) is -1.36. The van der Waals surface area contributed by atoms with Crippen LogP contribution in [0.4, 0.5) is 14.9 Å². The highest BCUT2D eigenvalue weighted by molar-refractivity contribution is 6.14. The van der Waals surface area contributed by atoms with Crippen molar-refractivity contribution < 1.29 is 23.5 Å². The van der Waals surface area contributed by atoms with Gasteiger partial charge in [-0.05, 0) is 48.9 Å². The molecular formula is C37H39FN2O4. The van der Waals surface area contributed by atoms with Gasteiger partial charge in [0.05, 0.1) is 17.5 Å². The first-order valence-electron chi connectivity index (χ1n) is 14.7. The Labute approximate surface area is 259 Å². The fourth-order valence-electron chi connectivity index (χ4n) is 4.97. The average Bonchev–Trinajstić information content (AvgIpc) is 2.99. The quantitative estimate of drug-likeness (QED) is 0.148. The molecule has 44 heavy (non-hydrogen) atoms. The molecule has 0 saturated heterocycles. The van der Waals surface area contributed by atoms with Crippen LogP contribution < -0.4 is 5.32 Å². The Morgan fingerprint density at radius 1 is 0.818 bits per heavy atom. The molecule has 0 radical (unpaired) electrons. The molecule has 0 bridgehead atoms. The highest BCUT2D eigenvalue weighted by Gasteiger charge is 2.47. The van der Waals surface area contributed by atoms with Gasteiger partial charge in [-0.3, -0.25) is 0 Å². The third-order valence-corrected chi connectivity index (χ3v) is 6.78. The molecule has 228 valence electrons. The highest BCUT2D eigenvalue weighted by Crippen LogP contribution is 2.38. The molecule has 0 aromatic heterocycles. The number of ether oxygens (including phenoxy) is 2. The van der Waals surface area contributed by atoms with Crippen molar-refractivity contribution in [3.8, 4) is 0 Å². The first-order valence-corrected chi connectivity index (χ1v) is 14.7. The summed E-state index contributed by atoms with van der Waals surface area (Å²) in [5, 5.41) is 2.78. The van der Waals surface area contributed by atoms with Gasteiger partial charge in [-0.2, -0.15) is 0 Å². The van der Waals surface area contributed by atoms with Gasteiger partial charge >= 0.3 is 12.1 Å². The van der Waals surface area contributed by atoms with Crippen LogP contribution in [0.3, 0.4) is 0 Å². The Hall–Kier alpha value is -4.78. The Morgan fingerprint density at radius 3 is 1.86 bits per heavy atom. The van der Waals surface area contributed by atoms with Gasteiger partial charge in [0.15, 0.2) is 5.54 Å². The maximum absolute atomic E-state index is 16.0. The molecular weight excluding hydrogens is 555 g/mol. The second-order valence-electron chi connectivity index (χ2n) is 12.1. The van der Waals surface area contributed by atoms with Crippen LogP contribution in [-0.2, 0) is 26.4 Å². The summed E-state index contributed by atoms with van der Waals surface area (Å²) in [4.78, 5) is 31.8. The minimum absolute atomic E-state index is 0.00125. The monoisotopic (exact) mass is 594 g/mol. The number of esters is 1. The summed E-state index contributed by atoms with van der Waals surface area (Å²) in [6.07, 6.45) is -1.18. The van der Waals surface area contributed by atoms with Crippen LogP contribution in [0.15, 0.2) is 114 Å². The number of amides is 1. The van der Waals surface area contributed by atoms with Gasteiger partial charge in [-0.1, -0.05) is 118 Å². The largest absolute Gasteiger partial charge is 0.461 e. The fourth-order valence-corrected chi connectivity index (χ4v) is 4.97. The van der Waals surface area contributed by atoms with E-state index in [9.17, 15) is 9.59 Å². The average molecular weight is 595 g/mol. The summed E-state index contributed by atoms with van der Waals surface area (Å²) in [7, 11) is 0. The number of carbonyl (C=O) groups excluding carboxylic acids is 2. The number of hydrogen-bond donors (Lipinski definition) is 1. The molecule has 1 atom stereocenters. The SMILES string of the molecule is CC(C)OC(=O)[C@](CC(C)(C)C)(NC(=O)OCc1ccccc1)c1ccc(N=C(c2ccccc2)c2ccccc2)c(F)c1. The van der Waals surface area contributed by atoms with E-state index in [0.29, 0.717) is 5.71 Å². The zero-order valence-electron chi connectivity index (χ0n) is 25.8. The molecule has 4 rings (SSSR count). The number of alkyl carbamates (subject to hydrolysis) is 1. The molecule has 0 aliphatic rings. The molecule has 4 aromatic rings. The van der Waals surface area contributed by atoms with Gasteiger partial charge in [0.1, 0.15) is 12.4 Å². The number of halogens is 1. The molecule has 0 fully saturated rings. The summed E-state index contributed by atoms with van der Waals surface area (Å²) in [6, 6.07) is 32.7. The number of aliphatic imine (C=N–C) groups is 1. The van der Waals surface area contributed by atoms with Crippen molar-refractivity contribution in [1.82, 2.24) is 5.32 Å². The standard InChI is InChI=1S/C37H39FN2O4/c1-26(2)44-34(41)37(25-36(3,4)5,40-35(42)43-24-27-15-9-6-10-16-27)30-21-22-32(31(38)23-30)39-33(28-17-11-7-12-18-28)29-19-13-8-14-20-29/h6-23,26H,24-25H2,1-5H3,(H,40,42)/t37-/m1/s1. The normalized spacial score (nSPS) is 12.6. The van der Waals surface area contributed by atoms with Gasteiger partial charge in [0, 0.05) is 11.1 Å². The van der Waals surface area contributed by atoms with Crippen LogP contribution in [0.2, 0.25) is 0 Å². The summed E-state index contributed by atoms with van der Waals surface area (Å²) in [6.45, 7) is 9.25. The van der Waals surface area contributed by atoms with Crippen molar-refractivity contribution in [2.24, 2.45) is 10.4 Å². The second kappa shape index (κ2) is 14.1. The molecule has 4 aromatic carbocycles. The number of carbonyl (C=O) groups is 2. The molecule has 0 unspecified atom stereocenters. The number of nitrogens with zero attached hydrogens (tertiary/aromatic N) is 1. The fraction of sp³-hybridized carbons (Fsp3) is 0.270. The molecule has 6 nitrogen and oxygen atoms in total. The molecule has 1 N–H and O–H groups in total. The van der Waals surface area contributed by atoms with E-state index in [1.807, 2.05) is 112 Å². The third-order valence-electron chi connectivity index (χ3n) is 6.78. The van der Waals surface area contributed by atoms with Crippen LogP contribution >= 0.6 is 0 Å². The maximum atomic E-state index is 16.0. The second-order valence-corrected chi connectivity index (χ2v) is 12.1. The van der Waals surface area contributed by atoms with Crippen molar-refractivity contribution in [2.75, 3.05) is 0 Å². The Kier molecular flexibility index (Phi) is 10.3. The predicted molar refractivity (Wildman–Crippen MR) is 171 cm³/mol. The number of nitrogens with one attached hydrogen (secondary N) is 1. The molecule has 0 heterocycles. The van der Waals surface area contributed by atoms with Crippen LogP contribution in [0.5, 0.6) is 0 Å². The van der Waals surface area contributed by atoms with Crippen molar-refractivity contribution in [3.63, 3.8) is 0 Å². The molecule has 0 spiro atoms. The van der Waals surface area contributed by atoms with Crippen LogP contribution in [0.1, 0.15) is 63.3 Å². The lowest BCUT2D eigenvalue weighted by Crippen LogP contribution is -2.55. The lowest BCUT2D eigenvalue weighted by atomic mass is 9.75. The van der Waals surface area contributed by atoms with E-state index in [1.54, 1.807) is 19.9 Å². The third kappa shape index (κ3) is 8.40. The smallest absolute Gasteiger partial charge is 0.408 e. The Bertz CT molecular complexity index is 1540. The van der Waals surface area contributed by atoms with E-state index in [0.717, 1.165) is 16.7 Å². The molecule has 1 amide bonds. The van der Waals surface area contributed by atoms with E-state index in [-0.39, 0.29) is 24.3 Å². The summed E-state index contributed by atoms with van der Waals surface area (Å²) in [5.41, 5.74) is 1.14. The maximum Gasteiger partial charge on any atom is 0.408 e. The van der Waals surface area contributed by atoms with Crippen molar-refractivity contribution in [2.45, 2.75) is 59.3 Å². The molecule has 0 saturated carbocycles. The van der Waals surface area contributed by atoms with Gasteiger partial charge in [0.2, 0.25) is 0 Å². The Morgan fingerprint density at radius 2 is 1.36 bits per heavy atom. The Balaban J connectivity index is 1.78. The number of hydrogen-bond acceptors (Lipinski definition) is 5. The number of benzene rings is 4. The topological polar surface area (TPSA) is 77.0 Å². The minimum atomic E-state index is -1.74. The first kappa shape index (κ1) is 32.1. The van der Waals surface area contributed by atoms with Crippen LogP contribution in [0, 0.1) is 11.2 Å². The van der Waals surface area contributed by atoms with Crippen molar-refractivity contribution in [3.05, 3.63) is 137 Å². The van der Waals surface area contributed by atoms with Crippen LogP contribution in [-0.4, -0.2) is 23.9 Å². The zero-order valence-corrected chi connectivity index (χ0v) is 25.8. The van der Waals surface area contributed by atoms with E-state index >= 15 is 4.39 Å². The van der Waals surface area contributed by atoms with Gasteiger partial charge in [0.25, 0.3) is 0 Å². The van der Waals surface area contributed by atoms with Gasteiger partial charge in [-0.25, -0.2) is 19.0 Å². The van der Waals surface area contributed by atoms with E-state index in [1.165, 1.54) is 12.1 Å².